The monoisotopic (exact) mass is 913 g/mol. The zero-order valence-electron chi connectivity index (χ0n) is 39.3. The van der Waals surface area contributed by atoms with E-state index in [9.17, 15) is 24.3 Å². The summed E-state index contributed by atoms with van der Waals surface area (Å²) in [6.07, 6.45) is 13.6. The van der Waals surface area contributed by atoms with Gasteiger partial charge in [-0.3, -0.25) is 14.1 Å². The van der Waals surface area contributed by atoms with Gasteiger partial charge in [0.1, 0.15) is 50.9 Å². The van der Waals surface area contributed by atoms with Crippen molar-refractivity contribution in [1.29, 1.82) is 0 Å². The number of carboxylic acid groups (broad SMARTS) is 1. The van der Waals surface area contributed by atoms with Crippen LogP contribution in [0.3, 0.4) is 0 Å². The molecule has 1 aromatic carbocycles. The molecule has 0 spiro atoms. The molecule has 18 nitrogen and oxygen atoms in total. The summed E-state index contributed by atoms with van der Waals surface area (Å²) in [5.41, 5.74) is 4.85. The number of hydrogen-bond donors (Lipinski definition) is 3. The second kappa shape index (κ2) is 37.6. The van der Waals surface area contributed by atoms with Crippen molar-refractivity contribution >= 4 is 30.0 Å². The number of nitrogens with one attached hydrogen (secondary N) is 2. The van der Waals surface area contributed by atoms with Crippen molar-refractivity contribution < 1.29 is 67.1 Å². The first kappa shape index (κ1) is 58.5. The lowest BCUT2D eigenvalue weighted by Gasteiger charge is -2.41. The third-order valence-corrected chi connectivity index (χ3v) is 10.2. The summed E-state index contributed by atoms with van der Waals surface area (Å²) in [5.74, 6) is 2.71. The van der Waals surface area contributed by atoms with Crippen LogP contribution >= 0.6 is 0 Å². The van der Waals surface area contributed by atoms with E-state index in [0.29, 0.717) is 29.7 Å². The Morgan fingerprint density at radius 1 is 0.750 bits per heavy atom. The van der Waals surface area contributed by atoms with Crippen LogP contribution in [0, 0.1) is 0 Å². The molecular weight excluding hydrogens is 833 g/mol. The summed E-state index contributed by atoms with van der Waals surface area (Å²) >= 11 is 0. The van der Waals surface area contributed by atoms with Crippen molar-refractivity contribution in [3.8, 4) is 0 Å². The number of benzene rings is 1. The van der Waals surface area contributed by atoms with E-state index < -0.39 is 18.5 Å². The average molecular weight is 913 g/mol. The molecule has 18 heteroatoms. The van der Waals surface area contributed by atoms with Gasteiger partial charge in [0.2, 0.25) is 0 Å². The quantitative estimate of drug-likeness (QED) is 0.0211. The molecule has 5 atom stereocenters. The van der Waals surface area contributed by atoms with Crippen molar-refractivity contribution in [2.24, 2.45) is 5.90 Å². The molecule has 0 bridgehead atoms. The Hall–Kier alpha value is -3.56. The number of carboxylic acids is 1. The Morgan fingerprint density at radius 2 is 1.33 bits per heavy atom. The highest BCUT2D eigenvalue weighted by Crippen LogP contribution is 2.30. The molecule has 0 aliphatic heterocycles. The molecule has 0 saturated carbocycles. The van der Waals surface area contributed by atoms with Gasteiger partial charge in [0.25, 0.3) is 5.91 Å². The van der Waals surface area contributed by atoms with Gasteiger partial charge in [-0.2, -0.15) is 5.90 Å². The molecule has 1 rings (SSSR count). The van der Waals surface area contributed by atoms with E-state index in [2.05, 4.69) is 40.0 Å². The van der Waals surface area contributed by atoms with Crippen LogP contribution in [-0.2, 0) is 63.6 Å². The summed E-state index contributed by atoms with van der Waals surface area (Å²) < 4.78 is 40.1. The zero-order valence-corrected chi connectivity index (χ0v) is 39.3. The van der Waals surface area contributed by atoms with Crippen LogP contribution in [0.2, 0.25) is 0 Å². The Bertz CT molecular complexity index is 1410. The minimum absolute atomic E-state index is 0.0137. The smallest absolute Gasteiger partial charge is 0.350 e. The molecule has 0 fully saturated rings. The Labute approximate surface area is 381 Å². The van der Waals surface area contributed by atoms with Crippen molar-refractivity contribution in [2.75, 3.05) is 92.4 Å². The van der Waals surface area contributed by atoms with Gasteiger partial charge in [0.15, 0.2) is 0 Å². The summed E-state index contributed by atoms with van der Waals surface area (Å²) in [6, 6.07) is 6.10. The van der Waals surface area contributed by atoms with Crippen molar-refractivity contribution in [3.05, 3.63) is 42.0 Å². The lowest BCUT2D eigenvalue weighted by molar-refractivity contribution is -0.309. The highest BCUT2D eigenvalue weighted by molar-refractivity contribution is 5.95. The highest BCUT2D eigenvalue weighted by Gasteiger charge is 2.35. The van der Waals surface area contributed by atoms with Gasteiger partial charge in [-0.05, 0) is 58.2 Å². The van der Waals surface area contributed by atoms with Crippen LogP contribution in [-0.4, -0.2) is 141 Å². The molecule has 4 N–H and O–H groups in total. The van der Waals surface area contributed by atoms with E-state index in [1.807, 2.05) is 45.9 Å². The van der Waals surface area contributed by atoms with Gasteiger partial charge in [-0.15, -0.1) is 5.48 Å². The first-order valence-corrected chi connectivity index (χ1v) is 22.9. The number of nitrogens with zero attached hydrogens (tertiary/aromatic N) is 1. The minimum atomic E-state index is -1.29. The topological polar surface area (TPSA) is 224 Å². The second-order valence-electron chi connectivity index (χ2n) is 16.1. The molecule has 0 saturated heterocycles. The van der Waals surface area contributed by atoms with Crippen LogP contribution in [0.4, 0.5) is 5.69 Å². The number of quaternary nitrogens is 1. The molecular formula is C46H80N4O14. The first-order chi connectivity index (χ1) is 30.9. The van der Waals surface area contributed by atoms with Crippen LogP contribution < -0.4 is 26.3 Å². The molecule has 64 heavy (non-hydrogen) atoms. The van der Waals surface area contributed by atoms with Gasteiger partial charge in [-0.25, -0.2) is 4.79 Å². The van der Waals surface area contributed by atoms with Crippen molar-refractivity contribution in [2.45, 2.75) is 130 Å². The summed E-state index contributed by atoms with van der Waals surface area (Å²) in [6.45, 7) is 16.8. The minimum Gasteiger partial charge on any atom is -0.548 e. The first-order valence-electron chi connectivity index (χ1n) is 22.9. The fraction of sp³-hybridized carbons (Fsp3) is 0.739. The number of ether oxygens (including phenoxy) is 7. The Balaban J connectivity index is 3.32. The highest BCUT2D eigenvalue weighted by atomic mass is 16.7. The maximum Gasteiger partial charge on any atom is 0.350 e. The molecule has 0 aromatic heterocycles. The maximum atomic E-state index is 14.0. The predicted octanol–water partition coefficient (Wildman–Crippen LogP) is 3.85. The summed E-state index contributed by atoms with van der Waals surface area (Å²) in [5, 5.41) is 13.6. The third-order valence-electron chi connectivity index (χ3n) is 10.2. The number of aryl methyl sites for hydroxylation is 1. The molecule has 368 valence electrons. The number of carbonyl (C=O) groups is 4. The Kier molecular flexibility index (Phi) is 34.4. The van der Waals surface area contributed by atoms with E-state index in [1.54, 1.807) is 0 Å². The SMILES string of the molecule is C=CC[N+](CC(C)OCCOCNOC=O)(CC(C)OCCOCC(=O)ON)c1cc(CCCCCCCCCCCC)cc(C(=O)NCC(C)OCC(C)OCCOCC(=O)[O-])c1. The predicted molar refractivity (Wildman–Crippen MR) is 241 cm³/mol. The molecule has 1 aromatic rings. The summed E-state index contributed by atoms with van der Waals surface area (Å²) in [4.78, 5) is 55.0. The third kappa shape index (κ3) is 29.1. The molecule has 5 unspecified atom stereocenters. The number of hydrogen-bond acceptors (Lipinski definition) is 16. The van der Waals surface area contributed by atoms with E-state index >= 15 is 0 Å². The lowest BCUT2D eigenvalue weighted by Crippen LogP contribution is -2.57. The molecule has 0 radical (unpaired) electrons. The van der Waals surface area contributed by atoms with E-state index in [0.717, 1.165) is 30.5 Å². The number of rotatable bonds is 44. The fourth-order valence-corrected chi connectivity index (χ4v) is 7.11. The molecule has 1 amide bonds. The second-order valence-corrected chi connectivity index (χ2v) is 16.1. The fourth-order valence-electron chi connectivity index (χ4n) is 7.11. The van der Waals surface area contributed by atoms with E-state index in [1.165, 1.54) is 51.4 Å². The molecule has 0 aliphatic rings. The van der Waals surface area contributed by atoms with Crippen LogP contribution in [0.25, 0.3) is 0 Å². The number of nitrogens with two attached hydrogens (primary N) is 1. The normalized spacial score (nSPS) is 14.2. The largest absolute Gasteiger partial charge is 0.548 e. The number of carbonyl (C=O) groups excluding carboxylic acids is 4. The standard InChI is InChI=1S/C46H80N4O14/c1-7-9-10-11-12-13-14-15-16-17-18-41-26-42(46(55)48-29-37(3)62-32-40(6)61-24-20-56-33-44(52)53)28-43(27-41)50(19-8-2,30-38(4)59-23-21-57-34-45(54)64-47)31-39(5)60-25-22-58-35-49-63-36-51/h8,26-28,36-40,49H,2,7,9-25,29-35,47H2,1,3-6H3,(H-,48,52,53,55). The van der Waals surface area contributed by atoms with Crippen LogP contribution in [0.15, 0.2) is 30.9 Å². The van der Waals surface area contributed by atoms with E-state index in [-0.39, 0.29) is 103 Å². The number of aliphatic carboxylic acids is 1. The van der Waals surface area contributed by atoms with Crippen LogP contribution in [0.5, 0.6) is 0 Å². The lowest BCUT2D eigenvalue weighted by atomic mass is 9.99. The summed E-state index contributed by atoms with van der Waals surface area (Å²) in [7, 11) is 0. The number of unbranched alkanes of at least 4 members (excludes halogenated alkanes) is 9. The van der Waals surface area contributed by atoms with Gasteiger partial charge >= 0.3 is 12.4 Å². The molecule has 0 heterocycles. The van der Waals surface area contributed by atoms with Gasteiger partial charge in [-0.1, -0.05) is 71.3 Å². The van der Waals surface area contributed by atoms with Crippen molar-refractivity contribution in [3.63, 3.8) is 0 Å². The maximum absolute atomic E-state index is 14.0. The van der Waals surface area contributed by atoms with Gasteiger partial charge < -0.3 is 58.1 Å². The Morgan fingerprint density at radius 3 is 1.91 bits per heavy atom. The van der Waals surface area contributed by atoms with Gasteiger partial charge in [0.05, 0.1) is 71.0 Å². The zero-order chi connectivity index (χ0) is 47.3. The average Bonchev–Trinajstić information content (AvgIpc) is 3.27. The molecule has 0 aliphatic carbocycles. The van der Waals surface area contributed by atoms with Crippen molar-refractivity contribution in [1.82, 2.24) is 15.3 Å². The van der Waals surface area contributed by atoms with Crippen LogP contribution in [0.1, 0.15) is 115 Å². The number of amides is 1. The van der Waals surface area contributed by atoms with E-state index in [4.69, 9.17) is 39.1 Å². The van der Waals surface area contributed by atoms with Gasteiger partial charge in [0, 0.05) is 24.2 Å². The number of hydroxylamine groups is 1.